The number of amides is 1. The molecule has 1 amide bonds. The first-order valence-corrected chi connectivity index (χ1v) is 7.45. The Morgan fingerprint density at radius 1 is 1.10 bits per heavy atom. The van der Waals surface area contributed by atoms with Crippen molar-refractivity contribution in [3.63, 3.8) is 0 Å². The maximum atomic E-state index is 12.0. The Bertz CT molecular complexity index is 646. The summed E-state index contributed by atoms with van der Waals surface area (Å²) in [5, 5.41) is 3.07. The van der Waals surface area contributed by atoms with Crippen molar-refractivity contribution in [2.75, 3.05) is 6.54 Å². The molecule has 0 aliphatic heterocycles. The van der Waals surface area contributed by atoms with E-state index in [1.807, 2.05) is 0 Å². The van der Waals surface area contributed by atoms with Gasteiger partial charge < -0.3 is 5.32 Å². The fraction of sp³-hybridized carbons (Fsp3) is 0.333. The number of nitrogens with zero attached hydrogens (tertiary/aromatic N) is 1. The van der Waals surface area contributed by atoms with Gasteiger partial charge in [-0.05, 0) is 47.8 Å². The summed E-state index contributed by atoms with van der Waals surface area (Å²) in [5.74, 6) is -0.0124. The summed E-state index contributed by atoms with van der Waals surface area (Å²) in [5.41, 5.74) is 2.85. The first-order valence-electron chi connectivity index (χ1n) is 7.45. The maximum absolute atomic E-state index is 12.0. The zero-order valence-electron chi connectivity index (χ0n) is 11.9. The second-order valence-corrected chi connectivity index (χ2v) is 6.60. The van der Waals surface area contributed by atoms with Crippen LogP contribution in [0.25, 0.3) is 0 Å². The van der Waals surface area contributed by atoms with Crippen LogP contribution in [0, 0.1) is 5.41 Å². The highest BCUT2D eigenvalue weighted by Crippen LogP contribution is 2.73. The van der Waals surface area contributed by atoms with Crippen molar-refractivity contribution < 1.29 is 4.79 Å². The lowest BCUT2D eigenvalue weighted by Crippen LogP contribution is -2.68. The molecule has 2 bridgehead atoms. The number of carbonyl (C=O) groups excluding carboxylic acids is 1. The number of carbonyl (C=O) groups is 1. The largest absolute Gasteiger partial charge is 0.351 e. The minimum absolute atomic E-state index is 0.0124. The van der Waals surface area contributed by atoms with Gasteiger partial charge in [0.1, 0.15) is 0 Å². The van der Waals surface area contributed by atoms with E-state index in [9.17, 15) is 4.79 Å². The highest BCUT2D eigenvalue weighted by molar-refractivity contribution is 5.93. The number of nitrogens with one attached hydrogen (secondary N) is 1. The molecule has 106 valence electrons. The molecule has 1 N–H and O–H groups in total. The molecule has 3 nitrogen and oxygen atoms in total. The fourth-order valence-electron chi connectivity index (χ4n) is 4.15. The SMILES string of the molecule is O=C(NCC12CC(c3ccccc3)(C1)C2)c1cccnc1. The van der Waals surface area contributed by atoms with E-state index in [-0.39, 0.29) is 5.91 Å². The van der Waals surface area contributed by atoms with Crippen LogP contribution in [-0.4, -0.2) is 17.4 Å². The van der Waals surface area contributed by atoms with Crippen LogP contribution in [-0.2, 0) is 5.41 Å². The third kappa shape index (κ3) is 1.96. The summed E-state index contributed by atoms with van der Waals surface area (Å²) in [6, 6.07) is 14.4. The molecule has 2 aromatic rings. The van der Waals surface area contributed by atoms with E-state index in [4.69, 9.17) is 0 Å². The Morgan fingerprint density at radius 3 is 2.52 bits per heavy atom. The second kappa shape index (κ2) is 4.42. The van der Waals surface area contributed by atoms with Crippen molar-refractivity contribution in [1.82, 2.24) is 10.3 Å². The summed E-state index contributed by atoms with van der Waals surface area (Å²) in [6.07, 6.45) is 6.91. The van der Waals surface area contributed by atoms with Gasteiger partial charge in [-0.2, -0.15) is 0 Å². The Balaban J connectivity index is 1.35. The van der Waals surface area contributed by atoms with E-state index in [1.54, 1.807) is 24.5 Å². The van der Waals surface area contributed by atoms with E-state index in [2.05, 4.69) is 40.6 Å². The first-order chi connectivity index (χ1) is 10.2. The smallest absolute Gasteiger partial charge is 0.252 e. The number of benzene rings is 1. The summed E-state index contributed by atoms with van der Waals surface area (Å²) >= 11 is 0. The molecule has 0 unspecified atom stereocenters. The minimum atomic E-state index is -0.0124. The topological polar surface area (TPSA) is 42.0 Å². The third-order valence-corrected chi connectivity index (χ3v) is 5.07. The molecule has 0 atom stereocenters. The molecule has 3 saturated carbocycles. The van der Waals surface area contributed by atoms with Gasteiger partial charge in [-0.15, -0.1) is 0 Å². The monoisotopic (exact) mass is 278 g/mol. The molecular formula is C18H18N2O. The van der Waals surface area contributed by atoms with Gasteiger partial charge in [0.2, 0.25) is 0 Å². The Kier molecular flexibility index (Phi) is 2.64. The number of rotatable bonds is 4. The van der Waals surface area contributed by atoms with Crippen LogP contribution in [0.5, 0.6) is 0 Å². The van der Waals surface area contributed by atoms with Gasteiger partial charge in [0.05, 0.1) is 5.56 Å². The van der Waals surface area contributed by atoms with Gasteiger partial charge in [-0.1, -0.05) is 30.3 Å². The van der Waals surface area contributed by atoms with Crippen molar-refractivity contribution in [3.8, 4) is 0 Å². The van der Waals surface area contributed by atoms with Gasteiger partial charge in [-0.3, -0.25) is 9.78 Å². The molecule has 0 radical (unpaired) electrons. The van der Waals surface area contributed by atoms with Gasteiger partial charge in [0, 0.05) is 18.9 Å². The van der Waals surface area contributed by atoms with Crippen LogP contribution in [0.1, 0.15) is 35.2 Å². The van der Waals surface area contributed by atoms with Crippen LogP contribution in [0.3, 0.4) is 0 Å². The average Bonchev–Trinajstić information content (AvgIpc) is 2.46. The first kappa shape index (κ1) is 12.6. The van der Waals surface area contributed by atoms with E-state index < -0.39 is 0 Å². The second-order valence-electron chi connectivity index (χ2n) is 6.60. The number of hydrogen-bond acceptors (Lipinski definition) is 2. The predicted octanol–water partition coefficient (Wildman–Crippen LogP) is 2.93. The molecule has 3 aliphatic carbocycles. The fourth-order valence-corrected chi connectivity index (χ4v) is 4.15. The molecule has 0 saturated heterocycles. The van der Waals surface area contributed by atoms with Crippen LogP contribution >= 0.6 is 0 Å². The molecule has 1 aromatic carbocycles. The number of hydrogen-bond donors (Lipinski definition) is 1. The predicted molar refractivity (Wildman–Crippen MR) is 81.0 cm³/mol. The van der Waals surface area contributed by atoms with E-state index in [0.29, 0.717) is 16.4 Å². The van der Waals surface area contributed by atoms with Gasteiger partial charge in [-0.25, -0.2) is 0 Å². The van der Waals surface area contributed by atoms with Crippen molar-refractivity contribution in [2.24, 2.45) is 5.41 Å². The minimum Gasteiger partial charge on any atom is -0.351 e. The van der Waals surface area contributed by atoms with Gasteiger partial charge >= 0.3 is 0 Å². The molecule has 5 rings (SSSR count). The molecule has 3 fully saturated rings. The van der Waals surface area contributed by atoms with E-state index in [0.717, 1.165) is 6.54 Å². The van der Waals surface area contributed by atoms with Crippen LogP contribution in [0.4, 0.5) is 0 Å². The lowest BCUT2D eigenvalue weighted by atomic mass is 9.33. The Hall–Kier alpha value is -2.16. The van der Waals surface area contributed by atoms with Crippen LogP contribution in [0.15, 0.2) is 54.9 Å². The Morgan fingerprint density at radius 2 is 1.86 bits per heavy atom. The highest BCUT2D eigenvalue weighted by Gasteiger charge is 2.67. The lowest BCUT2D eigenvalue weighted by molar-refractivity contribution is -0.136. The Labute approximate surface area is 124 Å². The zero-order valence-corrected chi connectivity index (χ0v) is 11.9. The molecule has 0 spiro atoms. The zero-order chi connectivity index (χ0) is 14.3. The normalized spacial score (nSPS) is 29.1. The third-order valence-electron chi connectivity index (χ3n) is 5.07. The van der Waals surface area contributed by atoms with Crippen molar-refractivity contribution in [1.29, 1.82) is 0 Å². The van der Waals surface area contributed by atoms with Crippen LogP contribution in [0.2, 0.25) is 0 Å². The van der Waals surface area contributed by atoms with Crippen molar-refractivity contribution >= 4 is 5.91 Å². The summed E-state index contributed by atoms with van der Waals surface area (Å²) in [6.45, 7) is 0.787. The highest BCUT2D eigenvalue weighted by atomic mass is 16.1. The van der Waals surface area contributed by atoms with E-state index in [1.165, 1.54) is 24.8 Å². The number of pyridine rings is 1. The van der Waals surface area contributed by atoms with E-state index >= 15 is 0 Å². The van der Waals surface area contributed by atoms with Gasteiger partial charge in [0.25, 0.3) is 5.91 Å². The van der Waals surface area contributed by atoms with Gasteiger partial charge in [0.15, 0.2) is 0 Å². The summed E-state index contributed by atoms with van der Waals surface area (Å²) in [7, 11) is 0. The lowest BCUT2D eigenvalue weighted by Gasteiger charge is -2.71. The average molecular weight is 278 g/mol. The maximum Gasteiger partial charge on any atom is 0.252 e. The van der Waals surface area contributed by atoms with Crippen molar-refractivity contribution in [2.45, 2.75) is 24.7 Å². The molecule has 1 heterocycles. The molecular weight excluding hydrogens is 260 g/mol. The summed E-state index contributed by atoms with van der Waals surface area (Å²) in [4.78, 5) is 16.0. The molecule has 3 heteroatoms. The van der Waals surface area contributed by atoms with Crippen LogP contribution < -0.4 is 5.32 Å². The summed E-state index contributed by atoms with van der Waals surface area (Å²) < 4.78 is 0. The molecule has 3 aliphatic rings. The number of aromatic nitrogens is 1. The quantitative estimate of drug-likeness (QED) is 0.934. The molecule has 1 aromatic heterocycles. The standard InChI is InChI=1S/C18H18N2O/c21-16(14-5-4-8-19-9-14)20-13-17-10-18(11-17,12-17)15-6-2-1-3-7-15/h1-9H,10-13H2,(H,20,21). The molecule has 21 heavy (non-hydrogen) atoms. The van der Waals surface area contributed by atoms with Crippen molar-refractivity contribution in [3.05, 3.63) is 66.0 Å².